The minimum atomic E-state index is 0.413. The molecular formula is C10H11N3O. The number of para-hydroxylation sites is 1. The number of aromatic nitrogens is 2. The van der Waals surface area contributed by atoms with Crippen LogP contribution in [0.4, 0.5) is 5.69 Å². The normalized spacial score (nSPS) is 10.0. The molecule has 0 aliphatic heterocycles. The maximum Gasteiger partial charge on any atom is 0.132 e. The highest BCUT2D eigenvalue weighted by Crippen LogP contribution is 2.13. The molecule has 0 saturated heterocycles. The molecule has 1 heterocycles. The van der Waals surface area contributed by atoms with Crippen LogP contribution in [0.3, 0.4) is 0 Å². The van der Waals surface area contributed by atoms with E-state index in [1.165, 1.54) is 0 Å². The lowest BCUT2D eigenvalue weighted by atomic mass is 10.3. The highest BCUT2D eigenvalue weighted by atomic mass is 16.5. The zero-order valence-electron chi connectivity index (χ0n) is 7.60. The van der Waals surface area contributed by atoms with Crippen LogP contribution < -0.4 is 10.5 Å². The Morgan fingerprint density at radius 2 is 2.07 bits per heavy atom. The summed E-state index contributed by atoms with van der Waals surface area (Å²) >= 11 is 0. The quantitative estimate of drug-likeness (QED) is 0.770. The third kappa shape index (κ3) is 1.85. The molecule has 1 aromatic carbocycles. The molecule has 0 spiro atoms. The second-order valence-corrected chi connectivity index (χ2v) is 2.91. The van der Waals surface area contributed by atoms with E-state index >= 15 is 0 Å². The van der Waals surface area contributed by atoms with Crippen LogP contribution in [0.2, 0.25) is 0 Å². The smallest absolute Gasteiger partial charge is 0.132 e. The number of nitrogens with one attached hydrogen (secondary N) is 1. The average Bonchev–Trinajstić information content (AvgIpc) is 2.63. The maximum absolute atomic E-state index is 5.63. The minimum absolute atomic E-state index is 0.413. The predicted octanol–water partition coefficient (Wildman–Crippen LogP) is 1.57. The maximum atomic E-state index is 5.63. The van der Waals surface area contributed by atoms with Gasteiger partial charge in [-0.05, 0) is 12.1 Å². The van der Waals surface area contributed by atoms with Gasteiger partial charge in [0.15, 0.2) is 0 Å². The molecule has 0 bridgehead atoms. The van der Waals surface area contributed by atoms with Gasteiger partial charge in [-0.1, -0.05) is 18.2 Å². The molecule has 0 radical (unpaired) electrons. The lowest BCUT2D eigenvalue weighted by Crippen LogP contribution is -1.98. The van der Waals surface area contributed by atoms with E-state index in [0.717, 1.165) is 11.4 Å². The van der Waals surface area contributed by atoms with Gasteiger partial charge < -0.3 is 10.5 Å². The third-order valence-corrected chi connectivity index (χ3v) is 1.88. The molecule has 2 aromatic rings. The number of anilines is 1. The Morgan fingerprint density at radius 1 is 1.29 bits per heavy atom. The van der Waals surface area contributed by atoms with Gasteiger partial charge in [0.05, 0.1) is 17.6 Å². The summed E-state index contributed by atoms with van der Waals surface area (Å²) in [4.78, 5) is 0. The van der Waals surface area contributed by atoms with Crippen LogP contribution in [0, 0.1) is 0 Å². The highest BCUT2D eigenvalue weighted by Gasteiger charge is 2.01. The van der Waals surface area contributed by atoms with Crippen molar-refractivity contribution in [2.75, 3.05) is 5.73 Å². The van der Waals surface area contributed by atoms with E-state index in [1.807, 2.05) is 30.3 Å². The molecule has 1 aromatic heterocycles. The van der Waals surface area contributed by atoms with Crippen molar-refractivity contribution in [3.8, 4) is 5.75 Å². The Kier molecular flexibility index (Phi) is 2.36. The molecule has 0 fully saturated rings. The van der Waals surface area contributed by atoms with Crippen LogP contribution in [0.5, 0.6) is 5.75 Å². The zero-order valence-corrected chi connectivity index (χ0v) is 7.60. The number of nitrogen functional groups attached to an aromatic ring is 1. The van der Waals surface area contributed by atoms with Crippen LogP contribution in [0.25, 0.3) is 0 Å². The summed E-state index contributed by atoms with van der Waals surface area (Å²) in [5.41, 5.74) is 7.06. The van der Waals surface area contributed by atoms with Crippen molar-refractivity contribution >= 4 is 5.69 Å². The van der Waals surface area contributed by atoms with Crippen LogP contribution >= 0.6 is 0 Å². The summed E-state index contributed by atoms with van der Waals surface area (Å²) in [6.45, 7) is 0.413. The first-order valence-corrected chi connectivity index (χ1v) is 4.32. The van der Waals surface area contributed by atoms with Crippen molar-refractivity contribution in [2.45, 2.75) is 6.61 Å². The highest BCUT2D eigenvalue weighted by molar-refractivity contribution is 5.39. The molecule has 2 rings (SSSR count). The first-order valence-electron chi connectivity index (χ1n) is 4.32. The number of hydrogen-bond acceptors (Lipinski definition) is 3. The Balaban J connectivity index is 1.99. The minimum Gasteiger partial charge on any atom is -0.487 e. The summed E-state index contributed by atoms with van der Waals surface area (Å²) in [7, 11) is 0. The SMILES string of the molecule is Nc1cn[nH]c1COc1ccccc1. The summed E-state index contributed by atoms with van der Waals surface area (Å²) in [6, 6.07) is 9.58. The monoisotopic (exact) mass is 189 g/mol. The van der Waals surface area contributed by atoms with Gasteiger partial charge in [-0.15, -0.1) is 0 Å². The van der Waals surface area contributed by atoms with E-state index in [0.29, 0.717) is 12.3 Å². The molecule has 0 aliphatic rings. The van der Waals surface area contributed by atoms with E-state index in [9.17, 15) is 0 Å². The lowest BCUT2D eigenvalue weighted by molar-refractivity contribution is 0.302. The molecule has 4 nitrogen and oxygen atoms in total. The van der Waals surface area contributed by atoms with Crippen molar-refractivity contribution in [3.63, 3.8) is 0 Å². The van der Waals surface area contributed by atoms with E-state index in [2.05, 4.69) is 10.2 Å². The van der Waals surface area contributed by atoms with Gasteiger partial charge in [-0.3, -0.25) is 5.10 Å². The molecule has 0 unspecified atom stereocenters. The van der Waals surface area contributed by atoms with Gasteiger partial charge in [0, 0.05) is 0 Å². The standard InChI is InChI=1S/C10H11N3O/c11-9-6-12-13-10(9)7-14-8-4-2-1-3-5-8/h1-6H,7,11H2,(H,12,13). The van der Waals surface area contributed by atoms with E-state index in [4.69, 9.17) is 10.5 Å². The Hall–Kier alpha value is -1.97. The Morgan fingerprint density at radius 3 is 2.71 bits per heavy atom. The number of ether oxygens (including phenoxy) is 1. The average molecular weight is 189 g/mol. The van der Waals surface area contributed by atoms with Crippen LogP contribution in [0.1, 0.15) is 5.69 Å². The number of nitrogens with zero attached hydrogens (tertiary/aromatic N) is 1. The molecule has 72 valence electrons. The second-order valence-electron chi connectivity index (χ2n) is 2.91. The van der Waals surface area contributed by atoms with Gasteiger partial charge in [-0.25, -0.2) is 0 Å². The van der Waals surface area contributed by atoms with Crippen molar-refractivity contribution in [1.29, 1.82) is 0 Å². The van der Waals surface area contributed by atoms with E-state index in [1.54, 1.807) is 6.20 Å². The summed E-state index contributed by atoms with van der Waals surface area (Å²) in [6.07, 6.45) is 1.57. The van der Waals surface area contributed by atoms with E-state index in [-0.39, 0.29) is 0 Å². The molecule has 0 amide bonds. The number of nitrogens with two attached hydrogens (primary N) is 1. The van der Waals surface area contributed by atoms with Gasteiger partial charge in [0.25, 0.3) is 0 Å². The largest absolute Gasteiger partial charge is 0.487 e. The van der Waals surface area contributed by atoms with Crippen LogP contribution in [0.15, 0.2) is 36.5 Å². The lowest BCUT2D eigenvalue weighted by Gasteiger charge is -2.04. The molecule has 0 atom stereocenters. The van der Waals surface area contributed by atoms with Gasteiger partial charge >= 0.3 is 0 Å². The molecule has 3 N–H and O–H groups in total. The number of hydrogen-bond donors (Lipinski definition) is 2. The summed E-state index contributed by atoms with van der Waals surface area (Å²) in [5, 5.41) is 6.58. The second kappa shape index (κ2) is 3.83. The fraction of sp³-hybridized carbons (Fsp3) is 0.100. The van der Waals surface area contributed by atoms with E-state index < -0.39 is 0 Å². The molecular weight excluding hydrogens is 178 g/mol. The topological polar surface area (TPSA) is 63.9 Å². The first kappa shape index (κ1) is 8.62. The molecule has 0 aliphatic carbocycles. The molecule has 14 heavy (non-hydrogen) atoms. The van der Waals surface area contributed by atoms with Gasteiger partial charge in [-0.2, -0.15) is 5.10 Å². The molecule has 4 heteroatoms. The number of rotatable bonds is 3. The van der Waals surface area contributed by atoms with Crippen LogP contribution in [-0.4, -0.2) is 10.2 Å². The Labute approximate surface area is 81.7 Å². The van der Waals surface area contributed by atoms with Crippen molar-refractivity contribution in [1.82, 2.24) is 10.2 Å². The number of H-pyrrole nitrogens is 1. The fourth-order valence-corrected chi connectivity index (χ4v) is 1.11. The Bertz CT molecular complexity index is 397. The number of aromatic amines is 1. The van der Waals surface area contributed by atoms with Gasteiger partial charge in [0.1, 0.15) is 12.4 Å². The zero-order chi connectivity index (χ0) is 9.80. The number of benzene rings is 1. The first-order chi connectivity index (χ1) is 6.86. The van der Waals surface area contributed by atoms with Crippen molar-refractivity contribution in [2.24, 2.45) is 0 Å². The van der Waals surface area contributed by atoms with Crippen LogP contribution in [-0.2, 0) is 6.61 Å². The third-order valence-electron chi connectivity index (χ3n) is 1.88. The fourth-order valence-electron chi connectivity index (χ4n) is 1.11. The van der Waals surface area contributed by atoms with Crippen molar-refractivity contribution in [3.05, 3.63) is 42.2 Å². The summed E-state index contributed by atoms with van der Waals surface area (Å²) < 4.78 is 5.48. The predicted molar refractivity (Wildman–Crippen MR) is 53.8 cm³/mol. The summed E-state index contributed by atoms with van der Waals surface area (Å²) in [5.74, 6) is 0.821. The van der Waals surface area contributed by atoms with Crippen molar-refractivity contribution < 1.29 is 4.74 Å². The molecule has 0 saturated carbocycles. The van der Waals surface area contributed by atoms with Gasteiger partial charge in [0.2, 0.25) is 0 Å².